The molecule has 1 aromatic heterocycles. The third kappa shape index (κ3) is 3.95. The van der Waals surface area contributed by atoms with Gasteiger partial charge in [-0.25, -0.2) is 22.0 Å². The van der Waals surface area contributed by atoms with Gasteiger partial charge in [0.15, 0.2) is 0 Å². The maximum Gasteiger partial charge on any atom is 0.414 e. The van der Waals surface area contributed by atoms with Gasteiger partial charge in [0.1, 0.15) is 0 Å². The molecule has 0 spiro atoms. The first-order valence-corrected chi connectivity index (χ1v) is 10.4. The van der Waals surface area contributed by atoms with Crippen LogP contribution in [0.4, 0.5) is 5.69 Å². The molecule has 0 unspecified atom stereocenters. The molecule has 8 nitrogen and oxygen atoms in total. The Morgan fingerprint density at radius 1 is 0.897 bits per heavy atom. The molecule has 0 saturated carbocycles. The molecule has 1 aliphatic rings. The number of nitrogens with two attached hydrogens (primary N) is 1. The lowest BCUT2D eigenvalue weighted by Crippen LogP contribution is -2.17. The van der Waals surface area contributed by atoms with Crippen LogP contribution in [0.1, 0.15) is 24.1 Å². The Hall–Kier alpha value is -3.33. The number of fused-ring (bicyclic) bond motifs is 3. The van der Waals surface area contributed by atoms with Crippen molar-refractivity contribution in [1.29, 1.82) is 0 Å². The Morgan fingerprint density at radius 2 is 1.48 bits per heavy atom. The first-order valence-electron chi connectivity index (χ1n) is 8.92. The molecule has 0 bridgehead atoms. The number of aryl methyl sites for hydroxylation is 1. The number of aromatic nitrogens is 1. The van der Waals surface area contributed by atoms with Gasteiger partial charge in [-0.2, -0.15) is 0 Å². The smallest absolute Gasteiger partial charge is 0.414 e. The molecular formula is C20H20N2O6S. The molecule has 3 aromatic rings. The summed E-state index contributed by atoms with van der Waals surface area (Å²) in [6.45, 7) is 0. The Kier molecular flexibility index (Phi) is 5.60. The molecule has 1 heterocycles. The molecule has 4 N–H and O–H groups in total. The van der Waals surface area contributed by atoms with Gasteiger partial charge in [-0.1, -0.05) is 18.2 Å². The summed E-state index contributed by atoms with van der Waals surface area (Å²) in [5, 5.41) is 15.8. The molecule has 0 amide bonds. The van der Waals surface area contributed by atoms with Crippen molar-refractivity contribution >= 4 is 38.6 Å². The molecule has 2 aromatic carbocycles. The molecule has 9 heteroatoms. The average molecular weight is 416 g/mol. The topological polar surface area (TPSA) is 140 Å². The highest BCUT2D eigenvalue weighted by molar-refractivity contribution is 7.90. The summed E-state index contributed by atoms with van der Waals surface area (Å²) in [7, 11) is -3.62. The van der Waals surface area contributed by atoms with Crippen LogP contribution in [0, 0.1) is 0 Å². The van der Waals surface area contributed by atoms with Crippen molar-refractivity contribution in [3.05, 3.63) is 59.8 Å². The minimum absolute atomic E-state index is 0.279. The highest BCUT2D eigenvalue weighted by atomic mass is 32.2. The van der Waals surface area contributed by atoms with Crippen molar-refractivity contribution in [2.24, 2.45) is 0 Å². The van der Waals surface area contributed by atoms with Gasteiger partial charge in [0, 0.05) is 16.8 Å². The van der Waals surface area contributed by atoms with E-state index in [4.69, 9.17) is 25.5 Å². The monoisotopic (exact) mass is 416 g/mol. The van der Waals surface area contributed by atoms with E-state index >= 15 is 0 Å². The number of aliphatic carboxylic acids is 2. The van der Waals surface area contributed by atoms with Crippen LogP contribution in [0.3, 0.4) is 0 Å². The third-order valence-corrected chi connectivity index (χ3v) is 6.50. The zero-order valence-corrected chi connectivity index (χ0v) is 16.2. The van der Waals surface area contributed by atoms with E-state index in [0.29, 0.717) is 5.69 Å². The molecule has 29 heavy (non-hydrogen) atoms. The Bertz CT molecular complexity index is 1170. The van der Waals surface area contributed by atoms with Crippen molar-refractivity contribution in [1.82, 2.24) is 3.97 Å². The number of rotatable bonds is 2. The van der Waals surface area contributed by atoms with Gasteiger partial charge in [-0.15, -0.1) is 0 Å². The first-order chi connectivity index (χ1) is 13.7. The van der Waals surface area contributed by atoms with Crippen LogP contribution in [-0.2, 0) is 32.5 Å². The van der Waals surface area contributed by atoms with Crippen molar-refractivity contribution in [3.8, 4) is 0 Å². The summed E-state index contributed by atoms with van der Waals surface area (Å²) in [4.78, 5) is 18.5. The molecule has 0 radical (unpaired) electrons. The van der Waals surface area contributed by atoms with Crippen molar-refractivity contribution in [3.63, 3.8) is 0 Å². The fourth-order valence-electron chi connectivity index (χ4n) is 3.47. The minimum Gasteiger partial charge on any atom is -0.473 e. The quantitative estimate of drug-likeness (QED) is 0.431. The number of nitrogens with zero attached hydrogens (tertiary/aromatic N) is 1. The van der Waals surface area contributed by atoms with Crippen LogP contribution in [-0.4, -0.2) is 34.5 Å². The van der Waals surface area contributed by atoms with Crippen LogP contribution in [0.5, 0.6) is 0 Å². The van der Waals surface area contributed by atoms with Crippen LogP contribution in [0.25, 0.3) is 10.9 Å². The number of anilines is 1. The second kappa shape index (κ2) is 7.96. The van der Waals surface area contributed by atoms with Gasteiger partial charge in [0.25, 0.3) is 10.0 Å². The largest absolute Gasteiger partial charge is 0.473 e. The molecule has 0 atom stereocenters. The summed E-state index contributed by atoms with van der Waals surface area (Å²) in [5.41, 5.74) is 9.15. The van der Waals surface area contributed by atoms with Gasteiger partial charge in [0.05, 0.1) is 10.4 Å². The second-order valence-corrected chi connectivity index (χ2v) is 8.38. The van der Waals surface area contributed by atoms with Crippen LogP contribution in [0.15, 0.2) is 53.4 Å². The van der Waals surface area contributed by atoms with Crippen LogP contribution in [0.2, 0.25) is 0 Å². The van der Waals surface area contributed by atoms with E-state index in [9.17, 15) is 8.42 Å². The number of hydrogen-bond donors (Lipinski definition) is 3. The number of benzene rings is 2. The number of para-hydroxylation sites is 1. The fourth-order valence-corrected chi connectivity index (χ4v) is 5.08. The number of hydrogen-bond acceptors (Lipinski definition) is 5. The number of carboxylic acids is 2. The minimum atomic E-state index is -3.62. The number of nitrogen functional groups attached to an aromatic ring is 1. The van der Waals surface area contributed by atoms with E-state index < -0.39 is 22.0 Å². The molecule has 1 aliphatic carbocycles. The van der Waals surface area contributed by atoms with Gasteiger partial charge in [-0.05, 0) is 61.6 Å². The van der Waals surface area contributed by atoms with Crippen molar-refractivity contribution in [2.45, 2.75) is 30.6 Å². The van der Waals surface area contributed by atoms with E-state index in [1.807, 2.05) is 24.3 Å². The van der Waals surface area contributed by atoms with Gasteiger partial charge in [-0.3, -0.25) is 0 Å². The average Bonchev–Trinajstić information content (AvgIpc) is 3.04. The predicted octanol–water partition coefficient (Wildman–Crippen LogP) is 2.49. The van der Waals surface area contributed by atoms with E-state index in [1.54, 1.807) is 28.2 Å². The second-order valence-electron chi connectivity index (χ2n) is 6.60. The van der Waals surface area contributed by atoms with E-state index in [1.165, 1.54) is 5.56 Å². The Morgan fingerprint density at radius 3 is 2.10 bits per heavy atom. The third-order valence-electron chi connectivity index (χ3n) is 4.73. The summed E-state index contributed by atoms with van der Waals surface area (Å²) < 4.78 is 28.0. The molecule has 0 fully saturated rings. The maximum absolute atomic E-state index is 13.2. The molecule has 4 rings (SSSR count). The predicted molar refractivity (Wildman–Crippen MR) is 107 cm³/mol. The van der Waals surface area contributed by atoms with Gasteiger partial charge in [0.2, 0.25) is 0 Å². The highest BCUT2D eigenvalue weighted by Gasteiger charge is 2.27. The maximum atomic E-state index is 13.2. The van der Waals surface area contributed by atoms with Crippen molar-refractivity contribution in [2.75, 3.05) is 5.73 Å². The lowest BCUT2D eigenvalue weighted by atomic mass is 9.96. The lowest BCUT2D eigenvalue weighted by molar-refractivity contribution is -0.159. The Labute approximate surface area is 167 Å². The van der Waals surface area contributed by atoms with Crippen LogP contribution >= 0.6 is 0 Å². The van der Waals surface area contributed by atoms with E-state index in [0.717, 1.165) is 42.3 Å². The van der Waals surface area contributed by atoms with Gasteiger partial charge < -0.3 is 15.9 Å². The van der Waals surface area contributed by atoms with E-state index in [-0.39, 0.29) is 4.90 Å². The zero-order valence-electron chi connectivity index (χ0n) is 15.4. The molecule has 152 valence electrons. The standard InChI is InChI=1S/C18H18N2O2S.C2H2O4/c19-13-9-11-14(12-10-13)23(21,22)20-17-7-3-1-5-15(17)16-6-2-4-8-18(16)20;3-1(4)2(5)6/h1,3,5,7,9-12H,2,4,6,8,19H2;(H,3,4)(H,5,6). The van der Waals surface area contributed by atoms with Crippen molar-refractivity contribution < 1.29 is 28.2 Å². The summed E-state index contributed by atoms with van der Waals surface area (Å²) >= 11 is 0. The van der Waals surface area contributed by atoms with E-state index in [2.05, 4.69) is 0 Å². The molecule has 0 aliphatic heterocycles. The van der Waals surface area contributed by atoms with Gasteiger partial charge >= 0.3 is 11.9 Å². The number of carbonyl (C=O) groups is 2. The number of carboxylic acid groups (broad SMARTS) is 2. The first kappa shape index (κ1) is 20.4. The molecule has 0 saturated heterocycles. The zero-order chi connectivity index (χ0) is 21.2. The SMILES string of the molecule is Nc1ccc(S(=O)(=O)n2c3c(c4ccccc42)CCCC3)cc1.O=C(O)C(=O)O. The van der Waals surface area contributed by atoms with Crippen LogP contribution < -0.4 is 5.73 Å². The highest BCUT2D eigenvalue weighted by Crippen LogP contribution is 2.34. The lowest BCUT2D eigenvalue weighted by Gasteiger charge is -2.16. The Balaban J connectivity index is 0.000000353. The summed E-state index contributed by atoms with van der Waals surface area (Å²) in [5.74, 6) is -3.65. The normalized spacial score (nSPS) is 13.2. The molecular weight excluding hydrogens is 396 g/mol. The summed E-state index contributed by atoms with van der Waals surface area (Å²) in [6.07, 6.45) is 3.89. The fraction of sp³-hybridized carbons (Fsp3) is 0.200. The summed E-state index contributed by atoms with van der Waals surface area (Å²) in [6, 6.07) is 14.2.